The third kappa shape index (κ3) is 2.49. The van der Waals surface area contributed by atoms with E-state index in [0.29, 0.717) is 6.04 Å². The summed E-state index contributed by atoms with van der Waals surface area (Å²) in [4.78, 5) is 4.82. The highest BCUT2D eigenvalue weighted by Gasteiger charge is 2.39. The average Bonchev–Trinajstić information content (AvgIpc) is 3.04. The van der Waals surface area contributed by atoms with Crippen LogP contribution in [0.5, 0.6) is 0 Å². The van der Waals surface area contributed by atoms with Crippen molar-refractivity contribution < 1.29 is 0 Å². The number of nitrogens with one attached hydrogen (secondary N) is 1. The van der Waals surface area contributed by atoms with E-state index >= 15 is 0 Å². The molecule has 96 valence electrons. The Labute approximate surface area is 104 Å². The van der Waals surface area contributed by atoms with Crippen LogP contribution < -0.4 is 11.3 Å². The fourth-order valence-electron chi connectivity index (χ4n) is 4.28. The van der Waals surface area contributed by atoms with Gasteiger partial charge in [-0.15, -0.1) is 0 Å². The van der Waals surface area contributed by atoms with Crippen LogP contribution in [0.2, 0.25) is 0 Å². The minimum absolute atomic E-state index is 0.555. The van der Waals surface area contributed by atoms with Gasteiger partial charge in [0.25, 0.3) is 0 Å². The number of nitrogens with zero attached hydrogens (tertiary/aromatic N) is 1. The summed E-state index contributed by atoms with van der Waals surface area (Å²) >= 11 is 0. The molecule has 0 radical (unpaired) electrons. The Morgan fingerprint density at radius 2 is 1.94 bits per heavy atom. The number of amidine groups is 1. The van der Waals surface area contributed by atoms with Crippen LogP contribution in [0.1, 0.15) is 57.8 Å². The molecule has 3 saturated carbocycles. The van der Waals surface area contributed by atoms with Crippen LogP contribution in [-0.2, 0) is 0 Å². The van der Waals surface area contributed by atoms with Gasteiger partial charge >= 0.3 is 0 Å². The Morgan fingerprint density at radius 3 is 2.53 bits per heavy atom. The maximum Gasteiger partial charge on any atom is 0.111 e. The lowest BCUT2D eigenvalue weighted by atomic mass is 9.86. The van der Waals surface area contributed by atoms with E-state index in [4.69, 9.17) is 10.8 Å². The third-order valence-electron chi connectivity index (χ3n) is 5.17. The Bertz CT molecular complexity index is 294. The standard InChI is InChI=1S/C14H25N3/c15-17-14(16-13-3-1-2-4-13)9-12-8-10-5-6-11(12)7-10/h10-13H,1-9,15H2,(H,16,17). The van der Waals surface area contributed by atoms with Crippen LogP contribution in [-0.4, -0.2) is 11.9 Å². The van der Waals surface area contributed by atoms with Gasteiger partial charge in [0, 0.05) is 6.42 Å². The largest absolute Gasteiger partial charge is 0.312 e. The molecule has 2 bridgehead atoms. The smallest absolute Gasteiger partial charge is 0.111 e. The van der Waals surface area contributed by atoms with Gasteiger partial charge in [-0.3, -0.25) is 4.99 Å². The quantitative estimate of drug-likeness (QED) is 0.342. The Morgan fingerprint density at radius 1 is 1.12 bits per heavy atom. The second-order valence-electron chi connectivity index (χ2n) is 6.30. The number of fused-ring (bicyclic) bond motifs is 2. The molecule has 0 heterocycles. The molecule has 3 fully saturated rings. The molecule has 0 spiro atoms. The van der Waals surface area contributed by atoms with E-state index in [9.17, 15) is 0 Å². The van der Waals surface area contributed by atoms with Gasteiger partial charge in [-0.1, -0.05) is 19.3 Å². The topological polar surface area (TPSA) is 50.4 Å². The number of hydrazine groups is 1. The lowest BCUT2D eigenvalue weighted by Crippen LogP contribution is -2.34. The van der Waals surface area contributed by atoms with Crippen molar-refractivity contribution >= 4 is 5.84 Å². The summed E-state index contributed by atoms with van der Waals surface area (Å²) in [6.45, 7) is 0. The highest BCUT2D eigenvalue weighted by molar-refractivity contribution is 5.82. The van der Waals surface area contributed by atoms with E-state index in [1.165, 1.54) is 51.4 Å². The highest BCUT2D eigenvalue weighted by Crippen LogP contribution is 2.49. The molecule has 3 heteroatoms. The van der Waals surface area contributed by atoms with Crippen LogP contribution in [0, 0.1) is 17.8 Å². The summed E-state index contributed by atoms with van der Waals surface area (Å²) in [6.07, 6.45) is 12.2. The van der Waals surface area contributed by atoms with E-state index < -0.39 is 0 Å². The molecular formula is C14H25N3. The molecule has 3 N–H and O–H groups in total. The lowest BCUT2D eigenvalue weighted by molar-refractivity contribution is 0.340. The number of rotatable bonds is 3. The Balaban J connectivity index is 1.58. The van der Waals surface area contributed by atoms with E-state index in [2.05, 4.69) is 5.43 Å². The summed E-state index contributed by atoms with van der Waals surface area (Å²) in [5.74, 6) is 9.59. The normalized spacial score (nSPS) is 37.9. The molecule has 0 saturated heterocycles. The molecule has 0 amide bonds. The van der Waals surface area contributed by atoms with Crippen molar-refractivity contribution in [1.82, 2.24) is 5.43 Å². The van der Waals surface area contributed by atoms with Gasteiger partial charge in [0.05, 0.1) is 6.04 Å². The third-order valence-corrected chi connectivity index (χ3v) is 5.17. The Hall–Kier alpha value is -0.570. The summed E-state index contributed by atoms with van der Waals surface area (Å²) in [5, 5.41) is 0. The van der Waals surface area contributed by atoms with Crippen molar-refractivity contribution in [1.29, 1.82) is 0 Å². The minimum atomic E-state index is 0.555. The zero-order valence-electron chi connectivity index (χ0n) is 10.7. The molecule has 17 heavy (non-hydrogen) atoms. The van der Waals surface area contributed by atoms with Crippen LogP contribution >= 0.6 is 0 Å². The summed E-state index contributed by atoms with van der Waals surface area (Å²) < 4.78 is 0. The van der Waals surface area contributed by atoms with Gasteiger partial charge in [0.1, 0.15) is 5.84 Å². The molecular weight excluding hydrogens is 210 g/mol. The predicted molar refractivity (Wildman–Crippen MR) is 70.6 cm³/mol. The fraction of sp³-hybridized carbons (Fsp3) is 0.929. The highest BCUT2D eigenvalue weighted by atomic mass is 15.3. The van der Waals surface area contributed by atoms with Crippen molar-refractivity contribution in [2.75, 3.05) is 0 Å². The second-order valence-corrected chi connectivity index (χ2v) is 6.30. The molecule has 0 aromatic carbocycles. The molecule has 0 aromatic heterocycles. The SMILES string of the molecule is NNC(CC1CC2CCC1C2)=NC1CCCC1. The zero-order valence-corrected chi connectivity index (χ0v) is 10.7. The monoisotopic (exact) mass is 235 g/mol. The van der Waals surface area contributed by atoms with Gasteiger partial charge in [-0.05, 0) is 49.9 Å². The first-order valence-electron chi connectivity index (χ1n) is 7.38. The van der Waals surface area contributed by atoms with Gasteiger partial charge in [-0.2, -0.15) is 0 Å². The van der Waals surface area contributed by atoms with Crippen LogP contribution in [0.25, 0.3) is 0 Å². The number of hydrogen-bond acceptors (Lipinski definition) is 2. The van der Waals surface area contributed by atoms with Gasteiger partial charge in [0.2, 0.25) is 0 Å². The van der Waals surface area contributed by atoms with Crippen molar-refractivity contribution in [3.05, 3.63) is 0 Å². The molecule has 3 nitrogen and oxygen atoms in total. The molecule has 0 aliphatic heterocycles. The number of hydrogen-bond donors (Lipinski definition) is 2. The van der Waals surface area contributed by atoms with Gasteiger partial charge < -0.3 is 5.43 Å². The predicted octanol–water partition coefficient (Wildman–Crippen LogP) is 2.62. The van der Waals surface area contributed by atoms with E-state index in [1.807, 2.05) is 0 Å². The fourth-order valence-corrected chi connectivity index (χ4v) is 4.28. The first-order chi connectivity index (χ1) is 8.35. The molecule has 3 unspecified atom stereocenters. The van der Waals surface area contributed by atoms with Gasteiger partial charge in [0.15, 0.2) is 0 Å². The van der Waals surface area contributed by atoms with Crippen molar-refractivity contribution in [2.24, 2.45) is 28.6 Å². The summed E-state index contributed by atoms with van der Waals surface area (Å²) in [7, 11) is 0. The summed E-state index contributed by atoms with van der Waals surface area (Å²) in [6, 6.07) is 0.555. The van der Waals surface area contributed by atoms with Crippen molar-refractivity contribution in [2.45, 2.75) is 63.8 Å². The van der Waals surface area contributed by atoms with Crippen LogP contribution in [0.4, 0.5) is 0 Å². The van der Waals surface area contributed by atoms with Gasteiger partial charge in [-0.25, -0.2) is 5.84 Å². The first kappa shape index (κ1) is 11.5. The van der Waals surface area contributed by atoms with Crippen molar-refractivity contribution in [3.63, 3.8) is 0 Å². The van der Waals surface area contributed by atoms with Crippen molar-refractivity contribution in [3.8, 4) is 0 Å². The zero-order chi connectivity index (χ0) is 11.7. The lowest BCUT2D eigenvalue weighted by Gasteiger charge is -2.22. The maximum absolute atomic E-state index is 5.65. The molecule has 3 aliphatic carbocycles. The second kappa shape index (κ2) is 4.97. The number of aliphatic imine (C=N–C) groups is 1. The molecule has 0 aromatic rings. The first-order valence-corrected chi connectivity index (χ1v) is 7.38. The van der Waals surface area contributed by atoms with E-state index in [0.717, 1.165) is 30.0 Å². The molecule has 3 atom stereocenters. The molecule has 3 aliphatic rings. The van der Waals surface area contributed by atoms with Crippen LogP contribution in [0.15, 0.2) is 4.99 Å². The van der Waals surface area contributed by atoms with E-state index in [1.54, 1.807) is 0 Å². The molecule has 3 rings (SSSR count). The summed E-state index contributed by atoms with van der Waals surface area (Å²) in [5.41, 5.74) is 2.87. The number of nitrogens with two attached hydrogens (primary N) is 1. The minimum Gasteiger partial charge on any atom is -0.312 e. The average molecular weight is 235 g/mol. The van der Waals surface area contributed by atoms with Crippen LogP contribution in [0.3, 0.4) is 0 Å². The Kier molecular flexibility index (Phi) is 3.37. The maximum atomic E-state index is 5.65. The van der Waals surface area contributed by atoms with E-state index in [-0.39, 0.29) is 0 Å².